The molecular weight excluding hydrogens is 382 g/mol. The van der Waals surface area contributed by atoms with Gasteiger partial charge in [0.1, 0.15) is 23.1 Å². The van der Waals surface area contributed by atoms with E-state index in [9.17, 15) is 14.9 Å². The van der Waals surface area contributed by atoms with Gasteiger partial charge in [-0.25, -0.2) is 9.78 Å². The van der Waals surface area contributed by atoms with Gasteiger partial charge in [0.15, 0.2) is 12.3 Å². The van der Waals surface area contributed by atoms with E-state index in [4.69, 9.17) is 4.74 Å². The number of benzene rings is 1. The van der Waals surface area contributed by atoms with E-state index in [2.05, 4.69) is 4.98 Å². The summed E-state index contributed by atoms with van der Waals surface area (Å²) in [6, 6.07) is 15.1. The second-order valence-corrected chi connectivity index (χ2v) is 6.94. The monoisotopic (exact) mass is 401 g/mol. The third-order valence-corrected chi connectivity index (χ3v) is 5.09. The number of nitrogens with zero attached hydrogens (tertiary/aromatic N) is 5. The number of carbonyl (C=O) groups excluding carboxylic acids is 2. The molecule has 0 aliphatic carbocycles. The van der Waals surface area contributed by atoms with Crippen molar-refractivity contribution in [3.8, 4) is 6.07 Å². The summed E-state index contributed by atoms with van der Waals surface area (Å²) >= 11 is 0. The van der Waals surface area contributed by atoms with Crippen molar-refractivity contribution in [1.82, 2.24) is 9.38 Å². The van der Waals surface area contributed by atoms with E-state index < -0.39 is 18.4 Å². The standard InChI is InChI=1S/C22H19N5O3/c1-14-7-6-10-20-24-16(12-27(14)20)22(29)30-13-19(28)15(11-23)21-25(2)17-8-4-5-9-18(17)26(21)3/h4-10,12H,13H2,1-3H3. The Morgan fingerprint density at radius 2 is 1.73 bits per heavy atom. The van der Waals surface area contributed by atoms with Crippen LogP contribution in [0.5, 0.6) is 0 Å². The molecule has 0 radical (unpaired) electrons. The van der Waals surface area contributed by atoms with E-state index in [-0.39, 0.29) is 11.3 Å². The summed E-state index contributed by atoms with van der Waals surface area (Å²) in [5.41, 5.74) is 3.32. The van der Waals surface area contributed by atoms with E-state index in [1.54, 1.807) is 40.6 Å². The Bertz CT molecular complexity index is 1220. The van der Waals surface area contributed by atoms with Gasteiger partial charge in [-0.1, -0.05) is 18.2 Å². The number of hydrogen-bond donors (Lipinski definition) is 0. The molecule has 3 heterocycles. The van der Waals surface area contributed by atoms with Crippen LogP contribution in [0.25, 0.3) is 5.65 Å². The lowest BCUT2D eigenvalue weighted by Crippen LogP contribution is -2.27. The number of para-hydroxylation sites is 2. The summed E-state index contributed by atoms with van der Waals surface area (Å²) in [7, 11) is 3.57. The average Bonchev–Trinajstić information content (AvgIpc) is 3.29. The first-order chi connectivity index (χ1) is 14.4. The number of anilines is 2. The maximum Gasteiger partial charge on any atom is 0.359 e. The number of aromatic nitrogens is 2. The summed E-state index contributed by atoms with van der Waals surface area (Å²) in [4.78, 5) is 32.9. The fourth-order valence-corrected chi connectivity index (χ4v) is 3.58. The average molecular weight is 401 g/mol. The minimum Gasteiger partial charge on any atom is -0.452 e. The molecule has 1 aliphatic heterocycles. The Balaban J connectivity index is 1.54. The molecule has 0 atom stereocenters. The highest BCUT2D eigenvalue weighted by Gasteiger charge is 2.31. The molecule has 0 N–H and O–H groups in total. The molecule has 30 heavy (non-hydrogen) atoms. The first-order valence-corrected chi connectivity index (χ1v) is 9.28. The Kier molecular flexibility index (Phi) is 4.72. The summed E-state index contributed by atoms with van der Waals surface area (Å²) in [5.74, 6) is -0.847. The SMILES string of the molecule is Cc1cccc2nc(C(=O)OCC(=O)C(C#N)=C3N(C)c4ccccc4N3C)cn12. The Morgan fingerprint density at radius 3 is 2.33 bits per heavy atom. The second-order valence-electron chi connectivity index (χ2n) is 6.94. The number of ether oxygens (including phenoxy) is 1. The molecular formula is C22H19N5O3. The number of fused-ring (bicyclic) bond motifs is 2. The first kappa shape index (κ1) is 19.2. The highest BCUT2D eigenvalue weighted by atomic mass is 16.5. The highest BCUT2D eigenvalue weighted by Crippen LogP contribution is 2.40. The van der Waals surface area contributed by atoms with E-state index in [1.165, 1.54) is 0 Å². The summed E-state index contributed by atoms with van der Waals surface area (Å²) in [6.45, 7) is 1.35. The van der Waals surface area contributed by atoms with Crippen LogP contribution in [0.4, 0.5) is 11.4 Å². The van der Waals surface area contributed by atoms with Gasteiger partial charge in [-0.15, -0.1) is 0 Å². The maximum atomic E-state index is 12.7. The van der Waals surface area contributed by atoms with Gasteiger partial charge in [0.05, 0.1) is 11.4 Å². The van der Waals surface area contributed by atoms with Gasteiger partial charge in [-0.3, -0.25) is 4.79 Å². The number of imidazole rings is 1. The van der Waals surface area contributed by atoms with Gasteiger partial charge in [0.2, 0.25) is 5.78 Å². The molecule has 0 saturated heterocycles. The number of carbonyl (C=O) groups is 2. The van der Waals surface area contributed by atoms with Crippen LogP contribution in [-0.2, 0) is 9.53 Å². The molecule has 1 aliphatic rings. The molecule has 0 saturated carbocycles. The maximum absolute atomic E-state index is 12.7. The predicted octanol–water partition coefficient (Wildman–Crippen LogP) is 2.69. The van der Waals surface area contributed by atoms with E-state index >= 15 is 0 Å². The number of aryl methyl sites for hydroxylation is 1. The number of rotatable bonds is 4. The molecule has 0 bridgehead atoms. The Morgan fingerprint density at radius 1 is 1.07 bits per heavy atom. The second kappa shape index (κ2) is 7.37. The Labute approximate surface area is 173 Å². The summed E-state index contributed by atoms with van der Waals surface area (Å²) in [6.07, 6.45) is 1.57. The zero-order valence-electron chi connectivity index (χ0n) is 16.8. The minimum absolute atomic E-state index is 0.0742. The van der Waals surface area contributed by atoms with Crippen LogP contribution in [-0.4, -0.2) is 41.8 Å². The van der Waals surface area contributed by atoms with Gasteiger partial charge in [-0.2, -0.15) is 5.26 Å². The Hall–Kier alpha value is -4.12. The number of pyridine rings is 1. The molecule has 1 aromatic carbocycles. The lowest BCUT2D eigenvalue weighted by Gasteiger charge is -2.19. The van der Waals surface area contributed by atoms with Gasteiger partial charge in [0, 0.05) is 26.0 Å². The summed E-state index contributed by atoms with van der Waals surface area (Å²) in [5, 5.41) is 9.64. The van der Waals surface area contributed by atoms with Crippen molar-refractivity contribution >= 4 is 28.8 Å². The van der Waals surface area contributed by atoms with Gasteiger partial charge < -0.3 is 18.9 Å². The largest absolute Gasteiger partial charge is 0.452 e. The van der Waals surface area contributed by atoms with Crippen LogP contribution >= 0.6 is 0 Å². The lowest BCUT2D eigenvalue weighted by atomic mass is 10.2. The van der Waals surface area contributed by atoms with Crippen LogP contribution in [0.15, 0.2) is 60.1 Å². The quantitative estimate of drug-likeness (QED) is 0.377. The zero-order valence-corrected chi connectivity index (χ0v) is 16.8. The first-order valence-electron chi connectivity index (χ1n) is 9.28. The molecule has 3 aromatic rings. The highest BCUT2D eigenvalue weighted by molar-refractivity contribution is 6.04. The van der Waals surface area contributed by atoms with Crippen molar-refractivity contribution in [3.63, 3.8) is 0 Å². The molecule has 150 valence electrons. The van der Waals surface area contributed by atoms with Crippen molar-refractivity contribution in [3.05, 3.63) is 71.4 Å². The summed E-state index contributed by atoms with van der Waals surface area (Å²) < 4.78 is 6.93. The predicted molar refractivity (Wildman–Crippen MR) is 111 cm³/mol. The van der Waals surface area contributed by atoms with Gasteiger partial charge >= 0.3 is 5.97 Å². The minimum atomic E-state index is -0.717. The third kappa shape index (κ3) is 3.06. The van der Waals surface area contributed by atoms with E-state index in [0.29, 0.717) is 11.5 Å². The van der Waals surface area contributed by atoms with Gasteiger partial charge in [-0.05, 0) is 31.2 Å². The van der Waals surface area contributed by atoms with Crippen LogP contribution < -0.4 is 9.80 Å². The topological polar surface area (TPSA) is 90.9 Å². The van der Waals surface area contributed by atoms with Gasteiger partial charge in [0.25, 0.3) is 0 Å². The molecule has 0 unspecified atom stereocenters. The van der Waals surface area contributed by atoms with Crippen LogP contribution in [0.1, 0.15) is 16.2 Å². The van der Waals surface area contributed by atoms with Crippen LogP contribution in [0.3, 0.4) is 0 Å². The molecule has 0 fully saturated rings. The van der Waals surface area contributed by atoms with Crippen molar-refractivity contribution in [2.24, 2.45) is 0 Å². The van der Waals surface area contributed by atoms with Crippen molar-refractivity contribution in [1.29, 1.82) is 5.26 Å². The molecule has 0 amide bonds. The molecule has 2 aromatic heterocycles. The van der Waals surface area contributed by atoms with Crippen molar-refractivity contribution in [2.75, 3.05) is 30.5 Å². The molecule has 4 rings (SSSR count). The van der Waals surface area contributed by atoms with E-state index in [1.807, 2.05) is 49.4 Å². The lowest BCUT2D eigenvalue weighted by molar-refractivity contribution is -0.118. The number of Topliss-reactive ketones (excluding diaryl/α,β-unsaturated/α-hetero) is 1. The fourth-order valence-electron chi connectivity index (χ4n) is 3.58. The zero-order chi connectivity index (χ0) is 21.4. The third-order valence-electron chi connectivity index (χ3n) is 5.09. The molecule has 8 nitrogen and oxygen atoms in total. The number of nitriles is 1. The van der Waals surface area contributed by atoms with Crippen molar-refractivity contribution in [2.45, 2.75) is 6.92 Å². The smallest absolute Gasteiger partial charge is 0.359 e. The van der Waals surface area contributed by atoms with E-state index in [0.717, 1.165) is 17.1 Å². The number of esters is 1. The fraction of sp³-hybridized carbons (Fsp3) is 0.182. The molecule has 8 heteroatoms. The normalized spacial score (nSPS) is 12.7. The van der Waals surface area contributed by atoms with Crippen LogP contribution in [0, 0.1) is 18.3 Å². The van der Waals surface area contributed by atoms with Crippen molar-refractivity contribution < 1.29 is 14.3 Å². The molecule has 0 spiro atoms. The van der Waals surface area contributed by atoms with Crippen LogP contribution in [0.2, 0.25) is 0 Å². The number of hydrogen-bond acceptors (Lipinski definition) is 7. The number of ketones is 1.